The van der Waals surface area contributed by atoms with Gasteiger partial charge in [-0.25, -0.2) is 0 Å². The fraction of sp³-hybridized carbons (Fsp3) is 0.400. The van der Waals surface area contributed by atoms with Gasteiger partial charge < -0.3 is 9.47 Å². The van der Waals surface area contributed by atoms with E-state index in [1.54, 1.807) is 0 Å². The van der Waals surface area contributed by atoms with Crippen LogP contribution in [-0.2, 0) is 21.7 Å². The predicted octanol–water partition coefficient (Wildman–Crippen LogP) is 3.02. The van der Waals surface area contributed by atoms with E-state index in [1.807, 2.05) is 32.0 Å². The molecule has 0 atom stereocenters. The van der Waals surface area contributed by atoms with Gasteiger partial charge in [-0.15, -0.1) is 0 Å². The van der Waals surface area contributed by atoms with Crippen molar-refractivity contribution >= 4 is 10.9 Å². The smallest absolute Gasteiger partial charge is 0.202 e. The fourth-order valence-corrected chi connectivity index (χ4v) is 2.59. The lowest BCUT2D eigenvalue weighted by Crippen LogP contribution is -2.44. The molecule has 1 aliphatic rings. The van der Waals surface area contributed by atoms with Crippen molar-refractivity contribution in [1.29, 1.82) is 0 Å². The highest BCUT2D eigenvalue weighted by molar-refractivity contribution is 5.80. The van der Waals surface area contributed by atoms with Crippen LogP contribution in [-0.4, -0.2) is 18.2 Å². The Morgan fingerprint density at radius 2 is 1.89 bits per heavy atom. The summed E-state index contributed by atoms with van der Waals surface area (Å²) < 4.78 is 11.6. The molecule has 0 fully saturated rings. The van der Waals surface area contributed by atoms with Crippen LogP contribution in [0.2, 0.25) is 0 Å². The number of aromatic nitrogens is 1. The fourth-order valence-electron chi connectivity index (χ4n) is 2.59. The number of rotatable bonds is 4. The van der Waals surface area contributed by atoms with E-state index in [4.69, 9.17) is 9.47 Å². The minimum Gasteiger partial charge on any atom is -0.346 e. The number of ether oxygens (including phenoxy) is 2. The average Bonchev–Trinajstić information content (AvgIpc) is 2.37. The molecule has 3 rings (SSSR count). The first-order chi connectivity index (χ1) is 8.79. The zero-order valence-electron chi connectivity index (χ0n) is 10.8. The van der Waals surface area contributed by atoms with Gasteiger partial charge in [-0.3, -0.25) is 4.98 Å². The predicted molar refractivity (Wildman–Crippen MR) is 70.4 cm³/mol. The van der Waals surface area contributed by atoms with Crippen LogP contribution in [0.5, 0.6) is 0 Å². The summed E-state index contributed by atoms with van der Waals surface area (Å²) in [6.45, 7) is 5.28. The maximum Gasteiger partial charge on any atom is 0.202 e. The van der Waals surface area contributed by atoms with Gasteiger partial charge in [0.1, 0.15) is 0 Å². The number of pyridine rings is 1. The van der Waals surface area contributed by atoms with Gasteiger partial charge in [0.15, 0.2) is 0 Å². The molecule has 0 radical (unpaired) electrons. The first kappa shape index (κ1) is 11.6. The molecule has 3 nitrogen and oxygen atoms in total. The molecule has 0 amide bonds. The maximum absolute atomic E-state index is 5.82. The molecule has 1 aromatic heterocycles. The molecule has 1 aliphatic carbocycles. The molecule has 18 heavy (non-hydrogen) atoms. The molecule has 3 heteroatoms. The molecule has 0 unspecified atom stereocenters. The van der Waals surface area contributed by atoms with Crippen LogP contribution in [0.4, 0.5) is 0 Å². The summed E-state index contributed by atoms with van der Waals surface area (Å²) in [5.41, 5.74) is 3.22. The van der Waals surface area contributed by atoms with Crippen molar-refractivity contribution in [2.75, 3.05) is 13.2 Å². The molecule has 0 N–H and O–H groups in total. The number of hydrogen-bond donors (Lipinski definition) is 0. The zero-order chi connectivity index (χ0) is 12.6. The Kier molecular flexibility index (Phi) is 2.80. The third-order valence-electron chi connectivity index (χ3n) is 3.37. The number of nitrogens with zero attached hydrogens (tertiary/aromatic N) is 1. The van der Waals surface area contributed by atoms with Crippen LogP contribution in [0.25, 0.3) is 10.9 Å². The summed E-state index contributed by atoms with van der Waals surface area (Å²) in [6, 6.07) is 10.3. The van der Waals surface area contributed by atoms with Gasteiger partial charge in [0, 0.05) is 30.6 Å². The van der Waals surface area contributed by atoms with E-state index in [1.165, 1.54) is 0 Å². The first-order valence-corrected chi connectivity index (χ1v) is 6.46. The van der Waals surface area contributed by atoms with Crippen molar-refractivity contribution < 1.29 is 9.47 Å². The Morgan fingerprint density at radius 3 is 2.61 bits per heavy atom. The summed E-state index contributed by atoms with van der Waals surface area (Å²) in [6.07, 6.45) is 0.745. The molecule has 0 aliphatic heterocycles. The van der Waals surface area contributed by atoms with Crippen molar-refractivity contribution in [3.8, 4) is 0 Å². The molecule has 1 aromatic carbocycles. The molecule has 2 aromatic rings. The van der Waals surface area contributed by atoms with E-state index in [-0.39, 0.29) is 0 Å². The van der Waals surface area contributed by atoms with Gasteiger partial charge in [-0.2, -0.15) is 0 Å². The Labute approximate surface area is 107 Å². The van der Waals surface area contributed by atoms with Crippen LogP contribution in [0, 0.1) is 0 Å². The molecule has 0 bridgehead atoms. The highest BCUT2D eigenvalue weighted by Crippen LogP contribution is 2.43. The zero-order valence-corrected chi connectivity index (χ0v) is 10.8. The van der Waals surface area contributed by atoms with Gasteiger partial charge in [0.2, 0.25) is 5.79 Å². The van der Waals surface area contributed by atoms with Crippen molar-refractivity contribution in [3.63, 3.8) is 0 Å². The Balaban J connectivity index is 2.08. The topological polar surface area (TPSA) is 31.4 Å². The summed E-state index contributed by atoms with van der Waals surface area (Å²) >= 11 is 0. The number of benzene rings is 1. The van der Waals surface area contributed by atoms with Gasteiger partial charge in [-0.1, -0.05) is 18.2 Å². The minimum absolute atomic E-state index is 0.560. The second kappa shape index (κ2) is 4.34. The Hall–Kier alpha value is -1.45. The number of hydrogen-bond acceptors (Lipinski definition) is 3. The standard InChI is InChI=1S/C15H17NO2/c1-3-17-15(18-4-2)10-14-12(15)9-11-7-5-6-8-13(11)16-14/h5-9H,3-4,10H2,1-2H3. The summed E-state index contributed by atoms with van der Waals surface area (Å²) in [7, 11) is 0. The lowest BCUT2D eigenvalue weighted by molar-refractivity contribution is -0.257. The second-order valence-electron chi connectivity index (χ2n) is 4.47. The van der Waals surface area contributed by atoms with Crippen molar-refractivity contribution in [2.45, 2.75) is 26.1 Å². The largest absolute Gasteiger partial charge is 0.346 e. The van der Waals surface area contributed by atoms with Gasteiger partial charge in [0.25, 0.3) is 0 Å². The Morgan fingerprint density at radius 1 is 1.17 bits per heavy atom. The molecular weight excluding hydrogens is 226 g/mol. The van der Waals surface area contributed by atoms with Crippen LogP contribution < -0.4 is 0 Å². The molecular formula is C15H17NO2. The Bertz CT molecular complexity index is 574. The van der Waals surface area contributed by atoms with Crippen LogP contribution in [0.3, 0.4) is 0 Å². The lowest BCUT2D eigenvalue weighted by atomic mass is 9.85. The van der Waals surface area contributed by atoms with E-state index in [2.05, 4.69) is 17.1 Å². The molecule has 0 saturated carbocycles. The molecule has 1 heterocycles. The van der Waals surface area contributed by atoms with Gasteiger partial charge >= 0.3 is 0 Å². The molecule has 0 saturated heterocycles. The second-order valence-corrected chi connectivity index (χ2v) is 4.47. The SMILES string of the molecule is CCOC1(OCC)Cc2nc3ccccc3cc21. The van der Waals surface area contributed by atoms with E-state index in [0.29, 0.717) is 13.2 Å². The van der Waals surface area contributed by atoms with Crippen molar-refractivity contribution in [2.24, 2.45) is 0 Å². The van der Waals surface area contributed by atoms with Gasteiger partial charge in [0.05, 0.1) is 11.2 Å². The lowest BCUT2D eigenvalue weighted by Gasteiger charge is -2.42. The van der Waals surface area contributed by atoms with E-state index >= 15 is 0 Å². The third-order valence-corrected chi connectivity index (χ3v) is 3.37. The average molecular weight is 243 g/mol. The monoisotopic (exact) mass is 243 g/mol. The van der Waals surface area contributed by atoms with Crippen LogP contribution in [0.15, 0.2) is 30.3 Å². The maximum atomic E-state index is 5.82. The third kappa shape index (κ3) is 1.62. The van der Waals surface area contributed by atoms with Crippen LogP contribution in [0.1, 0.15) is 25.1 Å². The highest BCUT2D eigenvalue weighted by Gasteiger charge is 2.46. The van der Waals surface area contributed by atoms with Crippen molar-refractivity contribution in [3.05, 3.63) is 41.6 Å². The van der Waals surface area contributed by atoms with E-state index in [0.717, 1.165) is 28.6 Å². The van der Waals surface area contributed by atoms with Crippen molar-refractivity contribution in [1.82, 2.24) is 4.98 Å². The normalized spacial score (nSPS) is 16.3. The summed E-state index contributed by atoms with van der Waals surface area (Å²) in [5, 5.41) is 1.14. The van der Waals surface area contributed by atoms with E-state index in [9.17, 15) is 0 Å². The summed E-state index contributed by atoms with van der Waals surface area (Å²) in [5.74, 6) is -0.560. The molecule has 94 valence electrons. The molecule has 0 spiro atoms. The minimum atomic E-state index is -0.560. The van der Waals surface area contributed by atoms with Crippen LogP contribution >= 0.6 is 0 Å². The first-order valence-electron chi connectivity index (χ1n) is 6.46. The number of fused-ring (bicyclic) bond motifs is 2. The highest BCUT2D eigenvalue weighted by atomic mass is 16.7. The number of para-hydroxylation sites is 1. The quantitative estimate of drug-likeness (QED) is 0.773. The van der Waals surface area contributed by atoms with Gasteiger partial charge in [-0.05, 0) is 26.0 Å². The summed E-state index contributed by atoms with van der Waals surface area (Å²) in [4.78, 5) is 4.66. The van der Waals surface area contributed by atoms with E-state index < -0.39 is 5.79 Å².